The van der Waals surface area contributed by atoms with Crippen LogP contribution in [0.15, 0.2) is 59.6 Å². The number of nitrogens with zero attached hydrogens (tertiary/aromatic N) is 2. The van der Waals surface area contributed by atoms with E-state index < -0.39 is 0 Å². The van der Waals surface area contributed by atoms with Crippen molar-refractivity contribution in [2.75, 3.05) is 17.2 Å². The van der Waals surface area contributed by atoms with Crippen molar-refractivity contribution in [3.8, 4) is 17.0 Å². The third kappa shape index (κ3) is 4.16. The van der Waals surface area contributed by atoms with Gasteiger partial charge >= 0.3 is 6.03 Å². The Balaban J connectivity index is 1.41. The topological polar surface area (TPSA) is 65.5 Å². The number of fused-ring (bicyclic) bond motifs is 2. The molecule has 3 aromatic rings. The van der Waals surface area contributed by atoms with Crippen LogP contribution in [0.2, 0.25) is 0 Å². The Morgan fingerprint density at radius 3 is 2.62 bits per heavy atom. The Morgan fingerprint density at radius 1 is 1.15 bits per heavy atom. The van der Waals surface area contributed by atoms with Gasteiger partial charge in [0.15, 0.2) is 0 Å². The summed E-state index contributed by atoms with van der Waals surface area (Å²) in [6, 6.07) is 16.5. The number of anilines is 1. The molecular weight excluding hydrogens is 442 g/mol. The molecule has 2 aromatic carbocycles. The quantitative estimate of drug-likeness (QED) is 0.420. The van der Waals surface area contributed by atoms with E-state index in [0.29, 0.717) is 13.1 Å². The van der Waals surface area contributed by atoms with E-state index in [1.807, 2.05) is 41.8 Å². The molecule has 2 heterocycles. The molecule has 1 saturated carbocycles. The lowest BCUT2D eigenvalue weighted by Crippen LogP contribution is -2.41. The van der Waals surface area contributed by atoms with Crippen molar-refractivity contribution in [1.29, 1.82) is 0 Å². The van der Waals surface area contributed by atoms with Gasteiger partial charge in [-0.25, -0.2) is 9.78 Å². The first-order chi connectivity index (χ1) is 16.5. The molecule has 0 atom stereocenters. The summed E-state index contributed by atoms with van der Waals surface area (Å²) in [4.78, 5) is 20.6. The van der Waals surface area contributed by atoms with E-state index in [-0.39, 0.29) is 17.3 Å². The Bertz CT molecular complexity index is 1180. The van der Waals surface area contributed by atoms with Gasteiger partial charge in [-0.1, -0.05) is 38.0 Å². The van der Waals surface area contributed by atoms with Gasteiger partial charge < -0.3 is 10.4 Å². The molecular formula is C28H31N3O2S. The summed E-state index contributed by atoms with van der Waals surface area (Å²) >= 11 is 1.82. The molecule has 5 rings (SSSR count). The number of aryl methyl sites for hydroxylation is 1. The molecule has 1 spiro atoms. The number of aromatic nitrogens is 1. The Hall–Kier alpha value is -2.99. The number of urea groups is 1. The summed E-state index contributed by atoms with van der Waals surface area (Å²) in [5, 5.41) is 13.6. The minimum Gasteiger partial charge on any atom is -0.493 e. The number of carbonyl (C=O) groups excluding carboxylic acids is 1. The molecule has 1 fully saturated rings. The summed E-state index contributed by atoms with van der Waals surface area (Å²) in [5.74, 6) is 1.10. The van der Waals surface area contributed by atoms with Crippen molar-refractivity contribution in [3.63, 3.8) is 0 Å². The van der Waals surface area contributed by atoms with Crippen molar-refractivity contribution < 1.29 is 9.90 Å². The fourth-order valence-corrected chi connectivity index (χ4v) is 6.19. The maximum Gasteiger partial charge on any atom is 0.322 e. The van der Waals surface area contributed by atoms with Gasteiger partial charge in [-0.05, 0) is 78.1 Å². The van der Waals surface area contributed by atoms with E-state index in [2.05, 4.69) is 47.6 Å². The minimum absolute atomic E-state index is 0.00651. The van der Waals surface area contributed by atoms with Crippen LogP contribution in [0.3, 0.4) is 0 Å². The predicted octanol–water partition coefficient (Wildman–Crippen LogP) is 6.42. The number of benzene rings is 2. The average Bonchev–Trinajstić information content (AvgIpc) is 3.44. The van der Waals surface area contributed by atoms with Crippen LogP contribution in [0.4, 0.5) is 10.5 Å². The summed E-state index contributed by atoms with van der Waals surface area (Å²) in [6.45, 7) is 5.35. The molecule has 2 amide bonds. The number of carbonyl (C=O) groups is 1. The van der Waals surface area contributed by atoms with Crippen molar-refractivity contribution in [2.45, 2.75) is 56.4 Å². The van der Waals surface area contributed by atoms with Crippen molar-refractivity contribution in [2.24, 2.45) is 0 Å². The second-order valence-corrected chi connectivity index (χ2v) is 10.7. The number of pyridine rings is 1. The molecule has 2 aliphatic rings. The zero-order valence-electron chi connectivity index (χ0n) is 19.8. The van der Waals surface area contributed by atoms with Crippen LogP contribution in [-0.4, -0.2) is 28.4 Å². The van der Waals surface area contributed by atoms with Crippen molar-refractivity contribution in [1.82, 2.24) is 10.3 Å². The maximum atomic E-state index is 13.3. The van der Waals surface area contributed by atoms with Gasteiger partial charge in [-0.3, -0.25) is 4.90 Å². The second-order valence-electron chi connectivity index (χ2n) is 9.37. The number of aromatic hydroxyl groups is 1. The lowest BCUT2D eigenvalue weighted by atomic mass is 9.80. The molecule has 176 valence electrons. The van der Waals surface area contributed by atoms with Crippen LogP contribution < -0.4 is 10.2 Å². The third-order valence-corrected chi connectivity index (χ3v) is 8.13. The van der Waals surface area contributed by atoms with Gasteiger partial charge in [-0.2, -0.15) is 0 Å². The van der Waals surface area contributed by atoms with E-state index in [9.17, 15) is 9.90 Å². The Kier molecular flexibility index (Phi) is 6.26. The zero-order valence-corrected chi connectivity index (χ0v) is 20.6. The van der Waals surface area contributed by atoms with Crippen LogP contribution >= 0.6 is 11.8 Å². The average molecular weight is 474 g/mol. The first kappa shape index (κ1) is 22.8. The lowest BCUT2D eigenvalue weighted by molar-refractivity contribution is 0.245. The molecule has 0 radical (unpaired) electrons. The van der Waals surface area contributed by atoms with E-state index >= 15 is 0 Å². The highest BCUT2D eigenvalue weighted by Gasteiger charge is 2.46. The largest absolute Gasteiger partial charge is 0.493 e. The van der Waals surface area contributed by atoms with E-state index in [1.165, 1.54) is 23.3 Å². The third-order valence-electron chi connectivity index (χ3n) is 7.23. The smallest absolute Gasteiger partial charge is 0.322 e. The summed E-state index contributed by atoms with van der Waals surface area (Å²) in [6.07, 6.45) is 6.16. The zero-order chi connectivity index (χ0) is 23.7. The highest BCUT2D eigenvalue weighted by Crippen LogP contribution is 2.51. The molecule has 6 heteroatoms. The number of thioether (sulfide) groups is 1. The SMILES string of the molecule is CCSc1ccc(CNC(=O)N2CC3(CCCC3)c3cc(-c4c(C)ccnc4O)ccc32)cc1. The van der Waals surface area contributed by atoms with Crippen molar-refractivity contribution in [3.05, 3.63) is 71.4 Å². The molecule has 5 nitrogen and oxygen atoms in total. The van der Waals surface area contributed by atoms with E-state index in [4.69, 9.17) is 0 Å². The van der Waals surface area contributed by atoms with Gasteiger partial charge in [0.25, 0.3) is 0 Å². The molecule has 0 saturated heterocycles. The van der Waals surface area contributed by atoms with Crippen LogP contribution in [0, 0.1) is 6.92 Å². The Labute approximate surface area is 205 Å². The molecule has 1 aliphatic carbocycles. The number of hydrogen-bond donors (Lipinski definition) is 2. The first-order valence-corrected chi connectivity index (χ1v) is 13.1. The van der Waals surface area contributed by atoms with Gasteiger partial charge in [-0.15, -0.1) is 11.8 Å². The van der Waals surface area contributed by atoms with Crippen LogP contribution in [0.25, 0.3) is 11.1 Å². The Morgan fingerprint density at radius 2 is 1.91 bits per heavy atom. The molecule has 1 aliphatic heterocycles. The molecule has 34 heavy (non-hydrogen) atoms. The lowest BCUT2D eigenvalue weighted by Gasteiger charge is -2.25. The number of nitrogens with one attached hydrogen (secondary N) is 1. The molecule has 0 unspecified atom stereocenters. The fourth-order valence-electron chi connectivity index (χ4n) is 5.53. The van der Waals surface area contributed by atoms with Crippen LogP contribution in [-0.2, 0) is 12.0 Å². The highest BCUT2D eigenvalue weighted by atomic mass is 32.2. The van der Waals surface area contributed by atoms with Gasteiger partial charge in [0.2, 0.25) is 5.88 Å². The van der Waals surface area contributed by atoms with Crippen LogP contribution in [0.5, 0.6) is 5.88 Å². The normalized spacial score (nSPS) is 16.1. The summed E-state index contributed by atoms with van der Waals surface area (Å²) in [5.41, 5.74) is 6.02. The second kappa shape index (κ2) is 9.34. The molecule has 2 N–H and O–H groups in total. The number of hydrogen-bond acceptors (Lipinski definition) is 4. The molecule has 1 aromatic heterocycles. The first-order valence-electron chi connectivity index (χ1n) is 12.1. The fraction of sp³-hybridized carbons (Fsp3) is 0.357. The number of amides is 2. The van der Waals surface area contributed by atoms with Gasteiger partial charge in [0.1, 0.15) is 0 Å². The minimum atomic E-state index is -0.0507. The molecule has 0 bridgehead atoms. The van der Waals surface area contributed by atoms with E-state index in [0.717, 1.165) is 46.5 Å². The maximum absolute atomic E-state index is 13.3. The van der Waals surface area contributed by atoms with Crippen LogP contribution in [0.1, 0.15) is 49.3 Å². The van der Waals surface area contributed by atoms with Gasteiger partial charge in [0.05, 0.1) is 0 Å². The van der Waals surface area contributed by atoms with Gasteiger partial charge in [0, 0.05) is 40.8 Å². The van der Waals surface area contributed by atoms with E-state index in [1.54, 1.807) is 6.20 Å². The summed E-state index contributed by atoms with van der Waals surface area (Å²) < 4.78 is 0. The monoisotopic (exact) mass is 473 g/mol. The standard InChI is InChI=1S/C28H31N3O2S/c1-3-34-22-9-6-20(7-10-22)17-30-27(33)31-18-28(13-4-5-14-28)23-16-21(8-11-24(23)31)25-19(2)12-15-29-26(25)32/h6-12,15-16H,3-5,13-14,17-18H2,1-2H3,(H,29,32)(H,30,33). The predicted molar refractivity (Wildman–Crippen MR) is 139 cm³/mol. The number of rotatable bonds is 5. The summed E-state index contributed by atoms with van der Waals surface area (Å²) in [7, 11) is 0. The highest BCUT2D eigenvalue weighted by molar-refractivity contribution is 7.99. The van der Waals surface area contributed by atoms with Crippen molar-refractivity contribution >= 4 is 23.5 Å².